The van der Waals surface area contributed by atoms with Crippen LogP contribution in [0.2, 0.25) is 0 Å². The molecule has 3 rings (SSSR count). The molecule has 0 aliphatic rings. The van der Waals surface area contributed by atoms with E-state index in [0.717, 1.165) is 39.7 Å². The molecule has 0 fully saturated rings. The van der Waals surface area contributed by atoms with Gasteiger partial charge in [0.25, 0.3) is 0 Å². The number of aromatic nitrogens is 2. The lowest BCUT2D eigenvalue weighted by Gasteiger charge is -2.10. The number of fused-ring (bicyclic) bond motifs is 1. The second-order valence-corrected chi connectivity index (χ2v) is 6.50. The Morgan fingerprint density at radius 3 is 2.66 bits per heavy atom. The van der Waals surface area contributed by atoms with Crippen molar-refractivity contribution in [3.8, 4) is 0 Å². The molecule has 0 radical (unpaired) electrons. The number of alkyl carbamates (subject to hydrolysis) is 1. The monoisotopic (exact) mass is 393 g/mol. The molecule has 2 N–H and O–H groups in total. The van der Waals surface area contributed by atoms with E-state index in [-0.39, 0.29) is 12.3 Å². The van der Waals surface area contributed by atoms with Gasteiger partial charge in [-0.3, -0.25) is 10.4 Å². The Morgan fingerprint density at radius 1 is 1.21 bits per heavy atom. The van der Waals surface area contributed by atoms with Crippen LogP contribution in [0.5, 0.6) is 0 Å². The molecule has 2 aromatic carbocycles. The molecule has 0 spiro atoms. The molecule has 3 aromatic rings. The zero-order chi connectivity index (χ0) is 20.8. The van der Waals surface area contributed by atoms with Crippen LogP contribution in [0.3, 0.4) is 0 Å². The quantitative estimate of drug-likeness (QED) is 0.490. The van der Waals surface area contributed by atoms with E-state index in [2.05, 4.69) is 15.5 Å². The van der Waals surface area contributed by atoms with Crippen LogP contribution < -0.4 is 5.32 Å². The van der Waals surface area contributed by atoms with Gasteiger partial charge in [0, 0.05) is 5.39 Å². The van der Waals surface area contributed by atoms with Gasteiger partial charge in [0.15, 0.2) is 0 Å². The summed E-state index contributed by atoms with van der Waals surface area (Å²) < 4.78 is 10.0. The lowest BCUT2D eigenvalue weighted by atomic mass is 10.0. The second-order valence-electron chi connectivity index (χ2n) is 6.50. The van der Waals surface area contributed by atoms with Crippen LogP contribution in [0.1, 0.15) is 29.3 Å². The number of benzene rings is 2. The first kappa shape index (κ1) is 20.1. The summed E-state index contributed by atoms with van der Waals surface area (Å²) in [6.07, 6.45) is 1.63. The van der Waals surface area contributed by atoms with Crippen LogP contribution in [0.15, 0.2) is 48.2 Å². The lowest BCUT2D eigenvalue weighted by Crippen LogP contribution is -2.28. The lowest BCUT2D eigenvalue weighted by molar-refractivity contribution is -0.136. The Morgan fingerprint density at radius 2 is 1.97 bits per heavy atom. The van der Waals surface area contributed by atoms with E-state index in [4.69, 9.17) is 9.47 Å². The first-order valence-corrected chi connectivity index (χ1v) is 9.27. The first-order chi connectivity index (χ1) is 14.0. The molecular weight excluding hydrogens is 370 g/mol. The summed E-state index contributed by atoms with van der Waals surface area (Å²) in [5.74, 6) is -0.663. The number of hydrogen-bond acceptors (Lipinski definition) is 5. The number of hydrogen-bond donors (Lipinski definition) is 2. The Bertz CT molecular complexity index is 1050. The van der Waals surface area contributed by atoms with Gasteiger partial charge in [-0.1, -0.05) is 37.3 Å². The first-order valence-electron chi connectivity index (χ1n) is 9.27. The van der Waals surface area contributed by atoms with Gasteiger partial charge in [0.05, 0.1) is 18.3 Å². The number of aryl methyl sites for hydroxylation is 2. The summed E-state index contributed by atoms with van der Waals surface area (Å²) in [6, 6.07) is 13.1. The van der Waals surface area contributed by atoms with Gasteiger partial charge >= 0.3 is 12.1 Å². The van der Waals surface area contributed by atoms with E-state index in [1.165, 1.54) is 7.11 Å². The highest BCUT2D eigenvalue weighted by Crippen LogP contribution is 2.23. The molecule has 1 heterocycles. The highest BCUT2D eigenvalue weighted by molar-refractivity contribution is 5.97. The third-order valence-electron chi connectivity index (χ3n) is 4.51. The fraction of sp³-hybridized carbons (Fsp3) is 0.227. The Kier molecular flexibility index (Phi) is 6.29. The van der Waals surface area contributed by atoms with Crippen molar-refractivity contribution in [2.45, 2.75) is 26.9 Å². The fourth-order valence-electron chi connectivity index (χ4n) is 3.00. The van der Waals surface area contributed by atoms with E-state index >= 15 is 0 Å². The van der Waals surface area contributed by atoms with Gasteiger partial charge in [-0.05, 0) is 48.2 Å². The topological polar surface area (TPSA) is 93.3 Å². The number of ether oxygens (including phenoxy) is 2. The number of rotatable bonds is 6. The van der Waals surface area contributed by atoms with Crippen molar-refractivity contribution < 1.29 is 19.1 Å². The molecule has 0 atom stereocenters. The average Bonchev–Trinajstić information content (AvgIpc) is 3.12. The number of amides is 1. The van der Waals surface area contributed by atoms with Crippen LogP contribution in [-0.4, -0.2) is 29.4 Å². The number of H-pyrrole nitrogens is 1. The van der Waals surface area contributed by atoms with Crippen molar-refractivity contribution in [1.82, 2.24) is 15.5 Å². The third kappa shape index (κ3) is 4.82. The molecule has 0 aliphatic carbocycles. The van der Waals surface area contributed by atoms with E-state index in [1.807, 2.05) is 56.3 Å². The fourth-order valence-corrected chi connectivity index (χ4v) is 3.00. The second kappa shape index (κ2) is 9.05. The van der Waals surface area contributed by atoms with Crippen LogP contribution in [0, 0.1) is 6.92 Å². The van der Waals surface area contributed by atoms with Crippen molar-refractivity contribution in [2.24, 2.45) is 0 Å². The highest BCUT2D eigenvalue weighted by atomic mass is 16.6. The van der Waals surface area contributed by atoms with E-state index in [9.17, 15) is 9.59 Å². The largest absolute Gasteiger partial charge is 0.464 e. The summed E-state index contributed by atoms with van der Waals surface area (Å²) >= 11 is 0. The van der Waals surface area contributed by atoms with Crippen LogP contribution in [-0.2, 0) is 27.3 Å². The molecule has 7 heteroatoms. The predicted molar refractivity (Wildman–Crippen MR) is 110 cm³/mol. The zero-order valence-electron chi connectivity index (χ0n) is 16.6. The van der Waals surface area contributed by atoms with Crippen molar-refractivity contribution in [1.29, 1.82) is 0 Å². The number of carbonyl (C=O) groups excluding carboxylic acids is 2. The van der Waals surface area contributed by atoms with Gasteiger partial charge in [-0.15, -0.1) is 0 Å². The maximum absolute atomic E-state index is 12.2. The van der Waals surface area contributed by atoms with Gasteiger partial charge < -0.3 is 9.47 Å². The number of nitrogens with one attached hydrogen (secondary N) is 2. The summed E-state index contributed by atoms with van der Waals surface area (Å²) in [6.45, 7) is 4.05. The highest BCUT2D eigenvalue weighted by Gasteiger charge is 2.16. The number of methoxy groups -OCH3 is 1. The minimum atomic E-state index is -0.734. The molecule has 1 aromatic heterocycles. The summed E-state index contributed by atoms with van der Waals surface area (Å²) in [5.41, 5.74) is 4.48. The minimum Gasteiger partial charge on any atom is -0.464 e. The van der Waals surface area contributed by atoms with Crippen molar-refractivity contribution in [3.05, 3.63) is 70.5 Å². The smallest absolute Gasteiger partial charge is 0.412 e. The molecule has 0 aliphatic heterocycles. The zero-order valence-corrected chi connectivity index (χ0v) is 16.6. The van der Waals surface area contributed by atoms with E-state index < -0.39 is 12.1 Å². The maximum Gasteiger partial charge on any atom is 0.412 e. The van der Waals surface area contributed by atoms with Crippen molar-refractivity contribution in [2.75, 3.05) is 7.11 Å². The normalized spacial score (nSPS) is 11.3. The molecule has 0 saturated heterocycles. The molecule has 7 nitrogen and oxygen atoms in total. The minimum absolute atomic E-state index is 0.00638. The average molecular weight is 393 g/mol. The van der Waals surface area contributed by atoms with Crippen LogP contribution in [0.25, 0.3) is 17.0 Å². The van der Waals surface area contributed by atoms with Gasteiger partial charge in [0.2, 0.25) is 0 Å². The molecule has 0 saturated carbocycles. The molecule has 150 valence electrons. The number of aromatic amines is 1. The van der Waals surface area contributed by atoms with Crippen LogP contribution >= 0.6 is 0 Å². The summed E-state index contributed by atoms with van der Waals surface area (Å²) in [4.78, 5) is 24.4. The summed E-state index contributed by atoms with van der Waals surface area (Å²) in [7, 11) is 1.26. The van der Waals surface area contributed by atoms with Gasteiger partial charge in [-0.25, -0.2) is 9.59 Å². The van der Waals surface area contributed by atoms with Gasteiger partial charge in [-0.2, -0.15) is 5.10 Å². The predicted octanol–water partition coefficient (Wildman–Crippen LogP) is 3.87. The van der Waals surface area contributed by atoms with Crippen molar-refractivity contribution >= 4 is 29.0 Å². The number of nitrogens with zero attached hydrogens (tertiary/aromatic N) is 1. The van der Waals surface area contributed by atoms with Gasteiger partial charge in [0.1, 0.15) is 12.3 Å². The Hall–Kier alpha value is -3.61. The number of esters is 1. The molecular formula is C22H23N3O4. The van der Waals surface area contributed by atoms with Crippen LogP contribution in [0.4, 0.5) is 4.79 Å². The molecule has 29 heavy (non-hydrogen) atoms. The number of carbonyl (C=O) groups is 2. The standard InChI is InChI=1S/C22H23N3O4/c1-4-17-10-16(11-18-14(2)24-25-20(17)18)12-19(21(26)28-3)23-22(27)29-13-15-8-6-5-7-9-15/h5-12H,4,13H2,1-3H3,(H,23,27)(H,24,25). The van der Waals surface area contributed by atoms with E-state index in [0.29, 0.717) is 0 Å². The third-order valence-corrected chi connectivity index (χ3v) is 4.51. The maximum atomic E-state index is 12.2. The Labute approximate surface area is 168 Å². The van der Waals surface area contributed by atoms with Crippen molar-refractivity contribution in [3.63, 3.8) is 0 Å². The summed E-state index contributed by atoms with van der Waals surface area (Å²) in [5, 5.41) is 10.7. The SMILES string of the molecule is CCc1cc(C=C(NC(=O)OCc2ccccc2)C(=O)OC)cc2c(C)n[nH]c12. The molecule has 0 bridgehead atoms. The molecule has 0 unspecified atom stereocenters. The Balaban J connectivity index is 1.83. The molecule has 1 amide bonds. The van der Waals surface area contributed by atoms with E-state index in [1.54, 1.807) is 6.08 Å².